The van der Waals surface area contributed by atoms with Crippen LogP contribution < -0.4 is 47.4 Å². The van der Waals surface area contributed by atoms with Crippen LogP contribution in [0.3, 0.4) is 0 Å². The van der Waals surface area contributed by atoms with Gasteiger partial charge in [0.05, 0.1) is 108 Å². The fourth-order valence-corrected chi connectivity index (χ4v) is 18.7. The van der Waals surface area contributed by atoms with Crippen LogP contribution in [-0.4, -0.2) is 264 Å². The summed E-state index contributed by atoms with van der Waals surface area (Å²) < 4.78 is 571. The lowest BCUT2D eigenvalue weighted by Gasteiger charge is -2.46. The molecule has 10 atom stereocenters. The Labute approximate surface area is 913 Å². The van der Waals surface area contributed by atoms with Crippen molar-refractivity contribution in [2.45, 2.75) is 92.2 Å². The number of rotatable bonds is 5. The minimum atomic E-state index is -3.72. The number of nitrogens with zero attached hydrogens (tertiary/aromatic N) is 10. The van der Waals surface area contributed by atoms with E-state index in [4.69, 9.17) is 126 Å². The van der Waals surface area contributed by atoms with Gasteiger partial charge in [0.25, 0.3) is 0 Å². The second kappa shape index (κ2) is 33.9. The highest BCUT2D eigenvalue weighted by Gasteiger charge is 2.55. The number of benzene rings is 10. The van der Waals surface area contributed by atoms with Gasteiger partial charge >= 0.3 is 0 Å². The quantitative estimate of drug-likeness (QED) is 0.107. The second-order valence-corrected chi connectivity index (χ2v) is 32.7. The van der Waals surface area contributed by atoms with E-state index in [1.165, 1.54) is 54.6 Å². The first-order valence-corrected chi connectivity index (χ1v) is 42.8. The third-order valence-corrected chi connectivity index (χ3v) is 24.9. The van der Waals surface area contributed by atoms with Gasteiger partial charge in [-0.05, 0) is 146 Å². The summed E-state index contributed by atoms with van der Waals surface area (Å²) in [4.78, 5) is 152. The largest absolute Gasteiger partial charge is 0.454 e. The lowest BCUT2D eigenvalue weighted by Crippen LogP contribution is -2.62. The first-order chi connectivity index (χ1) is 95.0. The molecule has 20 heterocycles. The number of carbonyl (C=O) groups excluding carboxylic acids is 10. The third-order valence-electron chi connectivity index (χ3n) is 24.9. The van der Waals surface area contributed by atoms with Crippen LogP contribution in [0.25, 0.3) is 54.5 Å². The van der Waals surface area contributed by atoms with Crippen LogP contribution in [0.15, 0.2) is 212 Å². The molecule has 5 aromatic heterocycles. The maximum Gasteiger partial charge on any atom is 0.245 e. The van der Waals surface area contributed by atoms with Gasteiger partial charge in [0, 0.05) is 184 Å². The highest BCUT2D eigenvalue weighted by atomic mass is 16.7. The first-order valence-electron chi connectivity index (χ1n) is 73.8. The molecule has 0 spiro atoms. The minimum Gasteiger partial charge on any atom is -0.454 e. The summed E-state index contributed by atoms with van der Waals surface area (Å²) >= 11 is 0. The zero-order valence-electron chi connectivity index (χ0n) is 134. The summed E-state index contributed by atoms with van der Waals surface area (Å²) in [7, 11) is 0. The first kappa shape index (κ1) is 44.4. The predicted molar refractivity (Wildman–Crippen MR) is 523 cm³/mol. The van der Waals surface area contributed by atoms with Crippen molar-refractivity contribution in [3.8, 4) is 57.5 Å². The summed E-state index contributed by atoms with van der Waals surface area (Å²) in [6, 6.07) is -14.6. The van der Waals surface area contributed by atoms with E-state index < -0.39 is 428 Å². The average Bonchev–Trinajstić information content (AvgIpc) is 1.52. The average molecular weight is 2010 g/mol. The summed E-state index contributed by atoms with van der Waals surface area (Å²) in [5.41, 5.74) is -5.22. The molecule has 145 heavy (non-hydrogen) atoms. The molecule has 35 heteroatoms. The van der Waals surface area contributed by atoms with Gasteiger partial charge in [-0.1, -0.05) is 121 Å². The van der Waals surface area contributed by atoms with E-state index in [0.29, 0.717) is 26.6 Å². The topological polar surface area (TPSA) is 374 Å². The van der Waals surface area contributed by atoms with Crippen molar-refractivity contribution in [2.75, 3.05) is 101 Å². The molecule has 5 unspecified atom stereocenters. The summed E-state index contributed by atoms with van der Waals surface area (Å²) in [6.45, 7) is -42.0. The molecule has 15 aliphatic rings. The zero-order chi connectivity index (χ0) is 153. The molecule has 15 aliphatic heterocycles. The molecular formula is C110H95N15O20. The number of carbonyl (C=O) groups is 10. The lowest BCUT2D eigenvalue weighted by atomic mass is 9.86. The molecule has 730 valence electrons. The molecule has 0 radical (unpaired) electrons. The van der Waals surface area contributed by atoms with Crippen LogP contribution in [0.2, 0.25) is 0 Å². The van der Waals surface area contributed by atoms with Crippen LogP contribution in [0, 0.1) is 0 Å². The molecule has 10 amide bonds. The number of H-pyrrole nitrogens is 5. The van der Waals surface area contributed by atoms with E-state index in [2.05, 4.69) is 24.9 Å². The van der Waals surface area contributed by atoms with Crippen molar-refractivity contribution >= 4 is 114 Å². The van der Waals surface area contributed by atoms with Crippen molar-refractivity contribution in [3.05, 3.63) is 296 Å². The zero-order valence-corrected chi connectivity index (χ0v) is 72.5. The second-order valence-electron chi connectivity index (χ2n) is 32.7. The molecule has 5 N–H and O–H groups in total. The number of hydrogen-bond donors (Lipinski definition) is 5. The molecule has 0 bridgehead atoms. The Balaban J connectivity index is 0.000000120. The number of aromatic amines is 5. The van der Waals surface area contributed by atoms with Crippen LogP contribution in [-0.2, 0) is 79.8 Å². The third kappa shape index (κ3) is 14.2. The fourth-order valence-electron chi connectivity index (χ4n) is 18.7. The molecule has 15 aromatic rings. The molecule has 5 fully saturated rings. The summed E-state index contributed by atoms with van der Waals surface area (Å²) in [5.74, 6) is -19.3. The van der Waals surface area contributed by atoms with E-state index in [9.17, 15) is 54.8 Å². The lowest BCUT2D eigenvalue weighted by molar-refractivity contribution is -0.157. The van der Waals surface area contributed by atoms with Crippen LogP contribution in [0.1, 0.15) is 199 Å². The van der Waals surface area contributed by atoms with Gasteiger partial charge in [-0.15, -0.1) is 0 Å². The summed E-state index contributed by atoms with van der Waals surface area (Å²) in [6.07, 6.45) is -16.4. The van der Waals surface area contributed by atoms with E-state index in [1.54, 1.807) is 42.5 Å². The molecule has 30 rings (SSSR count). The Kier molecular flexibility index (Phi) is 10.4. The Morgan fingerprint density at radius 1 is 0.276 bits per heavy atom. The van der Waals surface area contributed by atoms with Crippen molar-refractivity contribution in [1.29, 1.82) is 0 Å². The fraction of sp³-hybridized carbons (Fsp3) is 0.273. The van der Waals surface area contributed by atoms with Gasteiger partial charge in [-0.25, -0.2) is 0 Å². The Hall–Kier alpha value is -17.4. The molecule has 35 nitrogen and oxygen atoms in total. The van der Waals surface area contributed by atoms with Gasteiger partial charge in [0.1, 0.15) is 35.6 Å². The van der Waals surface area contributed by atoms with Crippen LogP contribution in [0.4, 0.5) is 0 Å². The van der Waals surface area contributed by atoms with E-state index >= 15 is 0 Å². The molecule has 10 aromatic carbocycles. The number of aromatic nitrogens is 5. The van der Waals surface area contributed by atoms with E-state index in [0.717, 1.165) is 6.07 Å². The van der Waals surface area contributed by atoms with Crippen molar-refractivity contribution < 1.29 is 180 Å². The van der Waals surface area contributed by atoms with Crippen molar-refractivity contribution in [3.63, 3.8) is 0 Å². The van der Waals surface area contributed by atoms with E-state index in [-0.39, 0.29) is 152 Å². The highest BCUT2D eigenvalue weighted by Crippen LogP contribution is 2.53. The minimum absolute atomic E-state index is 0.0221. The standard InChI is InChI=1S/5C22H19N3O4/c5*1-24-10-19(26)25-16(22(24)27)9-14-13-4-2-3-5-15(13)23-20(14)21(25)12-6-7-17-18(8-12)29-11-28-17/h5*2-8,16,21,23H,9-11H2,1H3/t5*16-,21?/m11111/s1/i1D3,2D,3D,4D,5D,6D,7D,8D,9D2,10D2,16D;1D3,2D,3D,4D,5D,9D2,10D2,11D2,16D;1D3,2D,3D,4D,5D,9D2,10D2,16D;1D3,6D,7D,8D,9D2,10D2,16D;1D3,9D2,10D2,11D2,16D. The maximum atomic E-state index is 14.0. The van der Waals surface area contributed by atoms with Gasteiger partial charge in [0.15, 0.2) is 57.5 Å². The number of amides is 10. The number of likely N-dealkylation sites (N-methyl/N-ethyl adjacent to an activating group) is 5. The van der Waals surface area contributed by atoms with Crippen LogP contribution >= 0.6 is 0 Å². The van der Waals surface area contributed by atoms with E-state index in [1.807, 2.05) is 0 Å². The van der Waals surface area contributed by atoms with Gasteiger partial charge in [-0.2, -0.15) is 0 Å². The molecular weight excluding hydrogens is 1850 g/mol. The number of nitrogens with one attached hydrogen (secondary N) is 5. The maximum absolute atomic E-state index is 14.0. The Morgan fingerprint density at radius 2 is 0.538 bits per heavy atom. The normalized spacial score (nSPS) is 36.2. The van der Waals surface area contributed by atoms with Gasteiger partial charge in [0.2, 0.25) is 92.9 Å². The molecule has 0 aliphatic carbocycles. The number of piperazine rings is 5. The van der Waals surface area contributed by atoms with Gasteiger partial charge in [-0.3, -0.25) is 47.9 Å². The van der Waals surface area contributed by atoms with Crippen LogP contribution in [0.5, 0.6) is 57.5 Å². The number of ether oxygens (including phenoxy) is 10. The monoisotopic (exact) mass is 2010 g/mol. The predicted octanol–water partition coefficient (Wildman–Crippen LogP) is 11.1. The Morgan fingerprint density at radius 3 is 0.869 bits per heavy atom. The van der Waals surface area contributed by atoms with Crippen molar-refractivity contribution in [1.82, 2.24) is 73.9 Å². The SMILES string of the molecule is [2H]C1([2H])Oc2ccc(C3c4[nH]c5ccccc5c4C([2H])([2H])[C@]4([2H])C(=O)N(C([2H])([2H])[2H])C([2H])([2H])C(=O)N34)cc2O1.[2H]c1c([2H])c(C2c3[nH]c4c([2H])c([2H])c([2H])c([2H])c4c3C([2H])([2H])[C@]3([2H])C(=O)N(C([2H])([2H])[2H])C([2H])([2H])C(=O)N23)c([2H])c2c1OCO2.[2H]c1c([2H])c(C2c3[nH]c4ccccc4c3C([2H])([2H])[C@]3([2H])C(=O)N(C([2H])([2H])[2H])C([2H])([2H])C(=O)N23)c([2H])c2c1OCO2.[2H]c1c([2H])c([2H])c2c3c([nH]c2c1[2H])C(c1ccc2c(c1)OC([2H])([2H])O2)N1C(=O)C([2H])([2H])N(C([2H])([2H])[2H])C(=O)[C@@]1([2H])C3([2H])[2H].[2H]c1c([2H])c([2H])c2c3c([nH]c2c1[2H])C(c1ccc2c(c1)OCO2)N1C(=O)C([2H])([2H])N(C([2H])([2H])[2H])C(=O)[C@@]1([2H])C3([2H])[2H]. The Bertz CT molecular complexity index is 11500. The molecule has 0 saturated carbocycles. The smallest absolute Gasteiger partial charge is 0.245 e. The van der Waals surface area contributed by atoms with Gasteiger partial charge < -0.3 is 121 Å². The number of fused-ring (bicyclic) bond motifs is 25. The highest BCUT2D eigenvalue weighted by molar-refractivity contribution is 6.03. The number of para-hydroxylation sites is 5. The molecule has 5 saturated heterocycles. The van der Waals surface area contributed by atoms with Crippen molar-refractivity contribution in [2.24, 2.45) is 0 Å². The summed E-state index contributed by atoms with van der Waals surface area (Å²) in [5, 5.41) is -0.972. The number of hydrogen-bond acceptors (Lipinski definition) is 20.